The fourth-order valence-corrected chi connectivity index (χ4v) is 2.00. The minimum absolute atomic E-state index is 0.00488. The first-order chi connectivity index (χ1) is 8.50. The van der Waals surface area contributed by atoms with Gasteiger partial charge in [-0.3, -0.25) is 19.9 Å². The van der Waals surface area contributed by atoms with E-state index < -0.39 is 4.92 Å². The van der Waals surface area contributed by atoms with Crippen molar-refractivity contribution >= 4 is 17.0 Å². The molecule has 0 bridgehead atoms. The normalized spacial score (nSPS) is 19.6. The van der Waals surface area contributed by atoms with Crippen LogP contribution in [0.25, 0.3) is 5.57 Å². The largest absolute Gasteiger partial charge is 0.294 e. The molecule has 1 atom stereocenters. The smallest absolute Gasteiger partial charge is 0.290 e. The van der Waals surface area contributed by atoms with Crippen LogP contribution >= 0.6 is 0 Å². The molecule has 0 aliphatic heterocycles. The van der Waals surface area contributed by atoms with Gasteiger partial charge in [-0.05, 0) is 35.6 Å². The number of pyridine rings is 1. The van der Waals surface area contributed by atoms with Gasteiger partial charge in [-0.1, -0.05) is 13.5 Å². The summed E-state index contributed by atoms with van der Waals surface area (Å²) in [6, 6.07) is 1.57. The van der Waals surface area contributed by atoms with Crippen LogP contribution in [0, 0.1) is 16.0 Å². The molecule has 1 aromatic heterocycles. The van der Waals surface area contributed by atoms with E-state index in [0.717, 1.165) is 0 Å². The molecule has 1 heterocycles. The number of hydrogen-bond acceptors (Lipinski definition) is 4. The number of ketones is 1. The number of carbonyl (C=O) groups is 1. The number of carbonyl (C=O) groups excluding carboxylic acids is 1. The van der Waals surface area contributed by atoms with Crippen LogP contribution in [0.5, 0.6) is 0 Å². The molecule has 92 valence electrons. The highest BCUT2D eigenvalue weighted by Gasteiger charge is 2.25. The molecule has 5 nitrogen and oxygen atoms in total. The predicted octanol–water partition coefficient (Wildman–Crippen LogP) is 2.54. The molecular weight excluding hydrogens is 232 g/mol. The lowest BCUT2D eigenvalue weighted by molar-refractivity contribution is -0.385. The molecule has 0 saturated heterocycles. The molecule has 0 amide bonds. The Morgan fingerprint density at radius 1 is 1.56 bits per heavy atom. The Bertz CT molecular complexity index is 575. The van der Waals surface area contributed by atoms with E-state index in [0.29, 0.717) is 23.1 Å². The molecule has 0 fully saturated rings. The summed E-state index contributed by atoms with van der Waals surface area (Å²) in [5, 5.41) is 10.9. The quantitative estimate of drug-likeness (QED) is 0.455. The third kappa shape index (κ3) is 2.07. The first kappa shape index (κ1) is 12.2. The lowest BCUT2D eigenvalue weighted by Gasteiger charge is -2.20. The zero-order valence-corrected chi connectivity index (χ0v) is 9.92. The highest BCUT2D eigenvalue weighted by Crippen LogP contribution is 2.35. The van der Waals surface area contributed by atoms with Crippen LogP contribution in [-0.4, -0.2) is 15.7 Å². The van der Waals surface area contributed by atoms with Crippen molar-refractivity contribution in [1.82, 2.24) is 4.98 Å². The molecule has 1 aliphatic carbocycles. The van der Waals surface area contributed by atoms with Gasteiger partial charge in [0.1, 0.15) is 6.20 Å². The summed E-state index contributed by atoms with van der Waals surface area (Å²) in [5.74, 6) is -0.153. The molecule has 1 aromatic rings. The van der Waals surface area contributed by atoms with Crippen LogP contribution in [0.4, 0.5) is 5.69 Å². The van der Waals surface area contributed by atoms with Crippen molar-refractivity contribution in [3.8, 4) is 0 Å². The minimum Gasteiger partial charge on any atom is -0.290 e. The average molecular weight is 244 g/mol. The molecule has 2 rings (SSSR count). The van der Waals surface area contributed by atoms with Gasteiger partial charge in [-0.2, -0.15) is 0 Å². The number of rotatable bonds is 2. The van der Waals surface area contributed by atoms with Crippen LogP contribution < -0.4 is 0 Å². The second-order valence-corrected chi connectivity index (χ2v) is 4.31. The van der Waals surface area contributed by atoms with Crippen molar-refractivity contribution in [2.75, 3.05) is 0 Å². The summed E-state index contributed by atoms with van der Waals surface area (Å²) < 4.78 is 0. The van der Waals surface area contributed by atoms with E-state index in [1.807, 2.05) is 6.92 Å². The van der Waals surface area contributed by atoms with Crippen molar-refractivity contribution in [1.29, 1.82) is 0 Å². The zero-order chi connectivity index (χ0) is 13.3. The number of nitrogens with zero attached hydrogens (tertiary/aromatic N) is 2. The number of nitro groups is 1. The van der Waals surface area contributed by atoms with Crippen LogP contribution in [0.2, 0.25) is 0 Å². The summed E-state index contributed by atoms with van der Waals surface area (Å²) in [5.41, 5.74) is 1.61. The fraction of sp³-hybridized carbons (Fsp3) is 0.231. The molecule has 0 spiro atoms. The van der Waals surface area contributed by atoms with E-state index >= 15 is 0 Å². The Morgan fingerprint density at radius 2 is 2.28 bits per heavy atom. The molecule has 0 unspecified atom stereocenters. The van der Waals surface area contributed by atoms with Gasteiger partial charge >= 0.3 is 0 Å². The second kappa shape index (κ2) is 4.52. The van der Waals surface area contributed by atoms with Gasteiger partial charge in [0.05, 0.1) is 10.5 Å². The molecule has 18 heavy (non-hydrogen) atoms. The Balaban J connectivity index is 2.50. The summed E-state index contributed by atoms with van der Waals surface area (Å²) in [4.78, 5) is 25.9. The number of hydrogen-bond donors (Lipinski definition) is 0. The summed E-state index contributed by atoms with van der Waals surface area (Å²) >= 11 is 0. The SMILES string of the molecule is C=C1C(=O)C=C(c2ccncc2[N+](=O)[O-])C[C@@H]1C. The number of aromatic nitrogens is 1. The third-order valence-corrected chi connectivity index (χ3v) is 3.09. The molecule has 1 aliphatic rings. The van der Waals surface area contributed by atoms with E-state index in [1.165, 1.54) is 18.5 Å². The van der Waals surface area contributed by atoms with E-state index in [4.69, 9.17) is 0 Å². The van der Waals surface area contributed by atoms with Crippen LogP contribution in [-0.2, 0) is 4.79 Å². The van der Waals surface area contributed by atoms with Gasteiger partial charge in [0, 0.05) is 6.20 Å². The maximum atomic E-state index is 11.7. The van der Waals surface area contributed by atoms with Crippen molar-refractivity contribution in [2.45, 2.75) is 13.3 Å². The Hall–Kier alpha value is -2.30. The minimum atomic E-state index is -0.484. The van der Waals surface area contributed by atoms with E-state index in [2.05, 4.69) is 11.6 Å². The Morgan fingerprint density at radius 3 is 2.89 bits per heavy atom. The summed E-state index contributed by atoms with van der Waals surface area (Å²) in [6.45, 7) is 5.61. The van der Waals surface area contributed by atoms with Crippen LogP contribution in [0.15, 0.2) is 36.7 Å². The Kier molecular flexibility index (Phi) is 3.06. The van der Waals surface area contributed by atoms with Crippen molar-refractivity contribution in [3.63, 3.8) is 0 Å². The molecule has 0 saturated carbocycles. The monoisotopic (exact) mass is 244 g/mol. The van der Waals surface area contributed by atoms with E-state index in [-0.39, 0.29) is 17.4 Å². The average Bonchev–Trinajstić information content (AvgIpc) is 2.35. The van der Waals surface area contributed by atoms with Gasteiger partial charge in [-0.15, -0.1) is 0 Å². The predicted molar refractivity (Wildman–Crippen MR) is 66.8 cm³/mol. The maximum Gasteiger partial charge on any atom is 0.294 e. The second-order valence-electron chi connectivity index (χ2n) is 4.31. The van der Waals surface area contributed by atoms with Crippen LogP contribution in [0.1, 0.15) is 18.9 Å². The van der Waals surface area contributed by atoms with Crippen LogP contribution in [0.3, 0.4) is 0 Å². The number of allylic oxidation sites excluding steroid dienone is 3. The van der Waals surface area contributed by atoms with Crippen molar-refractivity contribution in [2.24, 2.45) is 5.92 Å². The van der Waals surface area contributed by atoms with Gasteiger partial charge in [0.15, 0.2) is 5.78 Å². The Labute approximate surface area is 104 Å². The molecule has 5 heteroatoms. The van der Waals surface area contributed by atoms with Gasteiger partial charge < -0.3 is 0 Å². The van der Waals surface area contributed by atoms with Gasteiger partial charge in [0.25, 0.3) is 5.69 Å². The highest BCUT2D eigenvalue weighted by molar-refractivity contribution is 6.10. The standard InChI is InChI=1S/C13H12N2O3/c1-8-5-10(6-13(16)9(8)2)11-3-4-14-7-12(11)15(17)18/h3-4,6-8H,2,5H2,1H3/t8-/m0/s1. The first-order valence-corrected chi connectivity index (χ1v) is 5.53. The summed E-state index contributed by atoms with van der Waals surface area (Å²) in [7, 11) is 0. The van der Waals surface area contributed by atoms with E-state index in [1.54, 1.807) is 6.07 Å². The highest BCUT2D eigenvalue weighted by atomic mass is 16.6. The molecule has 0 radical (unpaired) electrons. The molecule has 0 aromatic carbocycles. The fourth-order valence-electron chi connectivity index (χ4n) is 2.00. The van der Waals surface area contributed by atoms with Gasteiger partial charge in [0.2, 0.25) is 0 Å². The molecule has 0 N–H and O–H groups in total. The lowest BCUT2D eigenvalue weighted by Crippen LogP contribution is -2.14. The lowest BCUT2D eigenvalue weighted by atomic mass is 9.83. The third-order valence-electron chi connectivity index (χ3n) is 3.09. The topological polar surface area (TPSA) is 73.1 Å². The zero-order valence-electron chi connectivity index (χ0n) is 9.92. The maximum absolute atomic E-state index is 11.7. The van der Waals surface area contributed by atoms with Crippen molar-refractivity contribution in [3.05, 3.63) is 52.4 Å². The summed E-state index contributed by atoms with van der Waals surface area (Å²) in [6.07, 6.45) is 4.70. The first-order valence-electron chi connectivity index (χ1n) is 5.53. The molecular formula is C13H12N2O3. The van der Waals surface area contributed by atoms with E-state index in [9.17, 15) is 14.9 Å². The van der Waals surface area contributed by atoms with Gasteiger partial charge in [-0.25, -0.2) is 0 Å². The van der Waals surface area contributed by atoms with Crippen molar-refractivity contribution < 1.29 is 9.72 Å².